The molecule has 1 saturated carbocycles. The summed E-state index contributed by atoms with van der Waals surface area (Å²) in [6, 6.07) is 4.65. The molecule has 0 unspecified atom stereocenters. The van der Waals surface area contributed by atoms with Crippen LogP contribution in [-0.2, 0) is 16.0 Å². The molecule has 25 heavy (non-hydrogen) atoms. The molecule has 0 bridgehead atoms. The molecule has 2 fully saturated rings. The van der Waals surface area contributed by atoms with Gasteiger partial charge in [-0.25, -0.2) is 4.39 Å². The highest BCUT2D eigenvalue weighted by atomic mass is 79.9. The third-order valence-electron chi connectivity index (χ3n) is 5.26. The van der Waals surface area contributed by atoms with E-state index >= 15 is 0 Å². The van der Waals surface area contributed by atoms with E-state index in [1.54, 1.807) is 17.0 Å². The molecule has 0 spiro atoms. The normalized spacial score (nSPS) is 18.6. The van der Waals surface area contributed by atoms with Crippen LogP contribution in [0.5, 0.6) is 0 Å². The Balaban J connectivity index is 1.46. The van der Waals surface area contributed by atoms with Gasteiger partial charge in [0.1, 0.15) is 5.82 Å². The molecule has 3 rings (SSSR count). The Hall–Kier alpha value is -1.43. The van der Waals surface area contributed by atoms with E-state index in [1.165, 1.54) is 31.7 Å². The molecule has 2 amide bonds. The van der Waals surface area contributed by atoms with Gasteiger partial charge in [0.2, 0.25) is 11.8 Å². The van der Waals surface area contributed by atoms with Crippen molar-refractivity contribution in [1.29, 1.82) is 0 Å². The molecule has 2 aliphatic rings. The van der Waals surface area contributed by atoms with Crippen LogP contribution in [0.15, 0.2) is 22.7 Å². The van der Waals surface area contributed by atoms with Gasteiger partial charge in [-0.05, 0) is 52.4 Å². The standard InChI is InChI=1S/C19H24BrFN2O2/c20-16-11-15(5-6-17(16)21)13-19(25)23-9-7-22(8-10-23)18(24)12-14-3-1-2-4-14/h5-6,11,14H,1-4,7-10,12-13H2. The Morgan fingerprint density at radius 2 is 1.64 bits per heavy atom. The van der Waals surface area contributed by atoms with Crippen LogP contribution in [0.1, 0.15) is 37.7 Å². The van der Waals surface area contributed by atoms with Crippen LogP contribution in [0, 0.1) is 11.7 Å². The topological polar surface area (TPSA) is 40.6 Å². The Morgan fingerprint density at radius 1 is 1.04 bits per heavy atom. The Kier molecular flexibility index (Phi) is 6.10. The van der Waals surface area contributed by atoms with Crippen molar-refractivity contribution in [2.45, 2.75) is 38.5 Å². The molecule has 0 radical (unpaired) electrons. The average Bonchev–Trinajstić information content (AvgIpc) is 3.11. The minimum absolute atomic E-state index is 0.0291. The van der Waals surface area contributed by atoms with E-state index in [9.17, 15) is 14.0 Å². The van der Waals surface area contributed by atoms with Crippen molar-refractivity contribution in [3.05, 3.63) is 34.1 Å². The minimum atomic E-state index is -0.328. The maximum Gasteiger partial charge on any atom is 0.227 e. The lowest BCUT2D eigenvalue weighted by Crippen LogP contribution is -2.51. The molecule has 0 atom stereocenters. The molecular weight excluding hydrogens is 387 g/mol. The van der Waals surface area contributed by atoms with E-state index < -0.39 is 0 Å². The summed E-state index contributed by atoms with van der Waals surface area (Å²) in [6.07, 6.45) is 5.78. The van der Waals surface area contributed by atoms with E-state index in [4.69, 9.17) is 0 Å². The highest BCUT2D eigenvalue weighted by molar-refractivity contribution is 9.10. The number of halogens is 2. The molecule has 1 aromatic rings. The molecule has 0 N–H and O–H groups in total. The lowest BCUT2D eigenvalue weighted by Gasteiger charge is -2.35. The molecule has 136 valence electrons. The van der Waals surface area contributed by atoms with Crippen LogP contribution >= 0.6 is 15.9 Å². The predicted molar refractivity (Wildman–Crippen MR) is 97.5 cm³/mol. The number of carbonyl (C=O) groups excluding carboxylic acids is 2. The molecule has 4 nitrogen and oxygen atoms in total. The van der Waals surface area contributed by atoms with Crippen molar-refractivity contribution < 1.29 is 14.0 Å². The van der Waals surface area contributed by atoms with Gasteiger partial charge in [0.15, 0.2) is 0 Å². The van der Waals surface area contributed by atoms with Crippen molar-refractivity contribution in [1.82, 2.24) is 9.80 Å². The number of benzene rings is 1. The summed E-state index contributed by atoms with van der Waals surface area (Å²) in [7, 11) is 0. The molecule has 0 aromatic heterocycles. The lowest BCUT2D eigenvalue weighted by molar-refractivity contribution is -0.139. The largest absolute Gasteiger partial charge is 0.339 e. The monoisotopic (exact) mass is 410 g/mol. The van der Waals surface area contributed by atoms with E-state index in [0.29, 0.717) is 43.0 Å². The van der Waals surface area contributed by atoms with E-state index in [2.05, 4.69) is 15.9 Å². The number of piperazine rings is 1. The van der Waals surface area contributed by atoms with E-state index in [0.717, 1.165) is 5.56 Å². The quantitative estimate of drug-likeness (QED) is 0.762. The van der Waals surface area contributed by atoms with Crippen LogP contribution < -0.4 is 0 Å². The fourth-order valence-corrected chi connectivity index (χ4v) is 4.16. The summed E-state index contributed by atoms with van der Waals surface area (Å²) in [5.41, 5.74) is 0.790. The summed E-state index contributed by atoms with van der Waals surface area (Å²) in [5, 5.41) is 0. The number of carbonyl (C=O) groups is 2. The van der Waals surface area contributed by atoms with Gasteiger partial charge in [0.05, 0.1) is 10.9 Å². The Bertz CT molecular complexity index is 638. The zero-order chi connectivity index (χ0) is 17.8. The van der Waals surface area contributed by atoms with Gasteiger partial charge in [-0.3, -0.25) is 9.59 Å². The van der Waals surface area contributed by atoms with Gasteiger partial charge >= 0.3 is 0 Å². The number of hydrogen-bond acceptors (Lipinski definition) is 2. The fourth-order valence-electron chi connectivity index (χ4n) is 3.73. The Labute approximate surface area is 156 Å². The van der Waals surface area contributed by atoms with Crippen molar-refractivity contribution in [2.24, 2.45) is 5.92 Å². The van der Waals surface area contributed by atoms with Crippen molar-refractivity contribution in [3.63, 3.8) is 0 Å². The second kappa shape index (κ2) is 8.30. The molecule has 1 heterocycles. The number of hydrogen-bond donors (Lipinski definition) is 0. The predicted octanol–water partition coefficient (Wildman–Crippen LogP) is 3.38. The highest BCUT2D eigenvalue weighted by Crippen LogP contribution is 2.28. The summed E-state index contributed by atoms with van der Waals surface area (Å²) in [4.78, 5) is 28.5. The summed E-state index contributed by atoms with van der Waals surface area (Å²) in [5.74, 6) is 0.498. The van der Waals surface area contributed by atoms with E-state index in [-0.39, 0.29) is 24.1 Å². The van der Waals surface area contributed by atoms with Crippen molar-refractivity contribution in [3.8, 4) is 0 Å². The van der Waals surface area contributed by atoms with E-state index in [1.807, 2.05) is 4.90 Å². The van der Waals surface area contributed by atoms with Crippen LogP contribution in [-0.4, -0.2) is 47.8 Å². The number of nitrogens with zero attached hydrogens (tertiary/aromatic N) is 2. The lowest BCUT2D eigenvalue weighted by atomic mass is 10.0. The molecule has 1 saturated heterocycles. The fraction of sp³-hybridized carbons (Fsp3) is 0.579. The number of rotatable bonds is 4. The number of amides is 2. The first-order valence-electron chi connectivity index (χ1n) is 9.02. The molecule has 1 aliphatic carbocycles. The second-order valence-electron chi connectivity index (χ2n) is 7.04. The average molecular weight is 411 g/mol. The summed E-state index contributed by atoms with van der Waals surface area (Å²) >= 11 is 3.15. The van der Waals surface area contributed by atoms with Crippen LogP contribution in [0.4, 0.5) is 4.39 Å². The van der Waals surface area contributed by atoms with Crippen molar-refractivity contribution in [2.75, 3.05) is 26.2 Å². The Morgan fingerprint density at radius 3 is 2.24 bits per heavy atom. The molecule has 1 aromatic carbocycles. The second-order valence-corrected chi connectivity index (χ2v) is 7.90. The molecule has 6 heteroatoms. The molecule has 1 aliphatic heterocycles. The first kappa shape index (κ1) is 18.4. The van der Waals surface area contributed by atoms with Gasteiger partial charge in [0, 0.05) is 32.6 Å². The first-order valence-corrected chi connectivity index (χ1v) is 9.81. The third-order valence-corrected chi connectivity index (χ3v) is 5.87. The highest BCUT2D eigenvalue weighted by Gasteiger charge is 2.26. The van der Waals surface area contributed by atoms with Gasteiger partial charge in [-0.1, -0.05) is 18.9 Å². The molecular formula is C19H24BrFN2O2. The van der Waals surface area contributed by atoms with Gasteiger partial charge in [-0.15, -0.1) is 0 Å². The SMILES string of the molecule is O=C(Cc1ccc(F)c(Br)c1)N1CCN(C(=O)CC2CCCC2)CC1. The maximum absolute atomic E-state index is 13.3. The third kappa shape index (κ3) is 4.81. The minimum Gasteiger partial charge on any atom is -0.339 e. The van der Waals surface area contributed by atoms with Crippen LogP contribution in [0.3, 0.4) is 0 Å². The van der Waals surface area contributed by atoms with Crippen LogP contribution in [0.2, 0.25) is 0 Å². The van der Waals surface area contributed by atoms with Gasteiger partial charge < -0.3 is 9.80 Å². The maximum atomic E-state index is 13.3. The summed E-state index contributed by atoms with van der Waals surface area (Å²) < 4.78 is 13.7. The zero-order valence-corrected chi connectivity index (χ0v) is 15.9. The van der Waals surface area contributed by atoms with Crippen molar-refractivity contribution >= 4 is 27.7 Å². The smallest absolute Gasteiger partial charge is 0.227 e. The first-order chi connectivity index (χ1) is 12.0. The van der Waals surface area contributed by atoms with Gasteiger partial charge in [0.25, 0.3) is 0 Å². The zero-order valence-electron chi connectivity index (χ0n) is 14.3. The summed E-state index contributed by atoms with van der Waals surface area (Å²) in [6.45, 7) is 2.39. The van der Waals surface area contributed by atoms with Crippen LogP contribution in [0.25, 0.3) is 0 Å². The van der Waals surface area contributed by atoms with Gasteiger partial charge in [-0.2, -0.15) is 0 Å².